The molecule has 0 spiro atoms. The van der Waals surface area contributed by atoms with E-state index >= 15 is 0 Å². The monoisotopic (exact) mass is 459 g/mol. The zero-order chi connectivity index (χ0) is 20.9. The second-order valence-corrected chi connectivity index (χ2v) is 9.12. The highest BCUT2D eigenvalue weighted by Gasteiger charge is 2.23. The van der Waals surface area contributed by atoms with E-state index in [9.17, 15) is 4.79 Å². The van der Waals surface area contributed by atoms with Gasteiger partial charge < -0.3 is 10.2 Å². The molecule has 1 aliphatic rings. The van der Waals surface area contributed by atoms with E-state index < -0.39 is 0 Å². The molecule has 6 nitrogen and oxygen atoms in total. The standard InChI is InChI=1S/C21H22ClN5OS2/c1-29-18-9-5-7-16(13-18)23-19(28)14-30-21-25-24-20(26-10-2-3-11-26)27(21)17-8-4-6-15(22)12-17/h4-9,12-13H,2-3,10-11,14H2,1H3,(H,23,28). The van der Waals surface area contributed by atoms with Gasteiger partial charge in [-0.25, -0.2) is 0 Å². The van der Waals surface area contributed by atoms with Crippen LogP contribution >= 0.6 is 35.1 Å². The lowest BCUT2D eigenvalue weighted by Crippen LogP contribution is -2.22. The van der Waals surface area contributed by atoms with E-state index in [2.05, 4.69) is 20.4 Å². The Bertz CT molecular complexity index is 1040. The Kier molecular flexibility index (Phi) is 6.86. The van der Waals surface area contributed by atoms with Crippen LogP contribution < -0.4 is 10.2 Å². The molecule has 1 amide bonds. The van der Waals surface area contributed by atoms with Gasteiger partial charge in [0.1, 0.15) is 0 Å². The summed E-state index contributed by atoms with van der Waals surface area (Å²) in [4.78, 5) is 15.9. The maximum absolute atomic E-state index is 12.5. The number of aromatic nitrogens is 3. The molecule has 1 aliphatic heterocycles. The van der Waals surface area contributed by atoms with Crippen molar-refractivity contribution in [2.24, 2.45) is 0 Å². The van der Waals surface area contributed by atoms with Gasteiger partial charge >= 0.3 is 0 Å². The van der Waals surface area contributed by atoms with Crippen LogP contribution in [-0.2, 0) is 4.79 Å². The molecule has 0 unspecified atom stereocenters. The fourth-order valence-electron chi connectivity index (χ4n) is 3.35. The Labute approximate surface area is 189 Å². The number of anilines is 2. The number of nitrogens with one attached hydrogen (secondary N) is 1. The maximum Gasteiger partial charge on any atom is 0.234 e. The second kappa shape index (κ2) is 9.76. The van der Waals surface area contributed by atoms with Crippen molar-refractivity contribution in [1.82, 2.24) is 14.8 Å². The molecule has 156 valence electrons. The zero-order valence-corrected chi connectivity index (χ0v) is 18.9. The number of amides is 1. The van der Waals surface area contributed by atoms with Crippen molar-refractivity contribution in [3.63, 3.8) is 0 Å². The van der Waals surface area contributed by atoms with E-state index in [0.717, 1.165) is 48.1 Å². The first-order valence-electron chi connectivity index (χ1n) is 9.67. The smallest absolute Gasteiger partial charge is 0.234 e. The van der Waals surface area contributed by atoms with Gasteiger partial charge in [0.15, 0.2) is 5.16 Å². The number of carbonyl (C=O) groups is 1. The predicted molar refractivity (Wildman–Crippen MR) is 125 cm³/mol. The summed E-state index contributed by atoms with van der Waals surface area (Å²) in [6.45, 7) is 1.91. The molecule has 0 aliphatic carbocycles. The number of nitrogens with zero attached hydrogens (tertiary/aromatic N) is 4. The first-order valence-corrected chi connectivity index (χ1v) is 12.3. The number of thioether (sulfide) groups is 2. The van der Waals surface area contributed by atoms with Gasteiger partial charge in [0.05, 0.1) is 11.4 Å². The molecule has 2 aromatic carbocycles. The molecule has 0 bridgehead atoms. The zero-order valence-electron chi connectivity index (χ0n) is 16.5. The highest BCUT2D eigenvalue weighted by Crippen LogP contribution is 2.29. The Hall–Kier alpha value is -2.16. The van der Waals surface area contributed by atoms with E-state index in [1.165, 1.54) is 11.8 Å². The third-order valence-corrected chi connectivity index (χ3v) is 6.65. The summed E-state index contributed by atoms with van der Waals surface area (Å²) < 4.78 is 1.99. The molecular formula is C21H22ClN5OS2. The quantitative estimate of drug-likeness (QED) is 0.503. The molecule has 1 N–H and O–H groups in total. The van der Waals surface area contributed by atoms with Crippen LogP contribution in [0.25, 0.3) is 5.69 Å². The summed E-state index contributed by atoms with van der Waals surface area (Å²) >= 11 is 9.24. The molecule has 1 fully saturated rings. The van der Waals surface area contributed by atoms with Crippen LogP contribution in [0, 0.1) is 0 Å². The SMILES string of the molecule is CSc1cccc(NC(=O)CSc2nnc(N3CCCC3)n2-c2cccc(Cl)c2)c1. The largest absolute Gasteiger partial charge is 0.341 e. The highest BCUT2D eigenvalue weighted by molar-refractivity contribution is 7.99. The minimum absolute atomic E-state index is 0.0818. The number of carbonyl (C=O) groups excluding carboxylic acids is 1. The lowest BCUT2D eigenvalue weighted by atomic mass is 10.3. The third kappa shape index (κ3) is 4.94. The van der Waals surface area contributed by atoms with Gasteiger partial charge in [0.2, 0.25) is 11.9 Å². The van der Waals surface area contributed by atoms with Crippen LogP contribution in [0.15, 0.2) is 58.6 Å². The van der Waals surface area contributed by atoms with E-state index in [4.69, 9.17) is 11.6 Å². The maximum atomic E-state index is 12.5. The number of rotatable bonds is 7. The predicted octanol–water partition coefficient (Wildman–Crippen LogP) is 4.97. The molecule has 0 radical (unpaired) electrons. The number of hydrogen-bond acceptors (Lipinski definition) is 6. The Morgan fingerprint density at radius 2 is 1.93 bits per heavy atom. The number of halogens is 1. The van der Waals surface area contributed by atoms with Crippen molar-refractivity contribution >= 4 is 52.7 Å². The van der Waals surface area contributed by atoms with Gasteiger partial charge in [-0.15, -0.1) is 22.0 Å². The normalized spacial score (nSPS) is 13.6. The van der Waals surface area contributed by atoms with Gasteiger partial charge in [-0.2, -0.15) is 0 Å². The topological polar surface area (TPSA) is 63.1 Å². The second-order valence-electron chi connectivity index (χ2n) is 6.86. The van der Waals surface area contributed by atoms with Crippen LogP contribution in [0.3, 0.4) is 0 Å². The fourth-order valence-corrected chi connectivity index (χ4v) is 4.74. The summed E-state index contributed by atoms with van der Waals surface area (Å²) in [6, 6.07) is 15.4. The molecule has 1 aromatic heterocycles. The van der Waals surface area contributed by atoms with Crippen LogP contribution in [0.2, 0.25) is 5.02 Å². The van der Waals surface area contributed by atoms with Gasteiger partial charge in [0, 0.05) is 28.7 Å². The molecule has 1 saturated heterocycles. The first-order chi connectivity index (χ1) is 14.6. The molecule has 9 heteroatoms. The minimum Gasteiger partial charge on any atom is -0.341 e. The number of hydrogen-bond donors (Lipinski definition) is 1. The minimum atomic E-state index is -0.0818. The van der Waals surface area contributed by atoms with Gasteiger partial charge in [0.25, 0.3) is 0 Å². The molecule has 3 aromatic rings. The lowest BCUT2D eigenvalue weighted by Gasteiger charge is -2.18. The van der Waals surface area contributed by atoms with E-state index in [-0.39, 0.29) is 11.7 Å². The molecule has 0 atom stereocenters. The van der Waals surface area contributed by atoms with Gasteiger partial charge in [-0.1, -0.05) is 35.5 Å². The third-order valence-electron chi connectivity index (χ3n) is 4.76. The average molecular weight is 460 g/mol. The highest BCUT2D eigenvalue weighted by atomic mass is 35.5. The molecule has 30 heavy (non-hydrogen) atoms. The molecule has 0 saturated carbocycles. The van der Waals surface area contributed by atoms with E-state index in [1.54, 1.807) is 11.8 Å². The summed E-state index contributed by atoms with van der Waals surface area (Å²) in [5.74, 6) is 0.953. The summed E-state index contributed by atoms with van der Waals surface area (Å²) in [5, 5.41) is 13.1. The van der Waals surface area contributed by atoms with Gasteiger partial charge in [-0.3, -0.25) is 9.36 Å². The summed E-state index contributed by atoms with van der Waals surface area (Å²) in [5.41, 5.74) is 1.69. The Morgan fingerprint density at radius 1 is 1.13 bits per heavy atom. The first kappa shape index (κ1) is 21.1. The van der Waals surface area contributed by atoms with Crippen LogP contribution in [0.5, 0.6) is 0 Å². The van der Waals surface area contributed by atoms with Crippen molar-refractivity contribution in [3.8, 4) is 5.69 Å². The Balaban J connectivity index is 1.52. The van der Waals surface area contributed by atoms with Crippen molar-refractivity contribution < 1.29 is 4.79 Å². The lowest BCUT2D eigenvalue weighted by molar-refractivity contribution is -0.113. The number of benzene rings is 2. The Morgan fingerprint density at radius 3 is 2.70 bits per heavy atom. The fraction of sp³-hybridized carbons (Fsp3) is 0.286. The summed E-state index contributed by atoms with van der Waals surface area (Å²) in [7, 11) is 0. The van der Waals surface area contributed by atoms with Crippen LogP contribution in [0.4, 0.5) is 11.6 Å². The van der Waals surface area contributed by atoms with Crippen molar-refractivity contribution in [1.29, 1.82) is 0 Å². The molecule has 4 rings (SSSR count). The molecular weight excluding hydrogens is 438 g/mol. The van der Waals surface area contributed by atoms with E-state index in [1.807, 2.05) is 59.4 Å². The summed E-state index contributed by atoms with van der Waals surface area (Å²) in [6.07, 6.45) is 4.29. The van der Waals surface area contributed by atoms with Crippen molar-refractivity contribution in [2.75, 3.05) is 35.3 Å². The van der Waals surface area contributed by atoms with Crippen molar-refractivity contribution in [2.45, 2.75) is 22.9 Å². The van der Waals surface area contributed by atoms with Crippen molar-refractivity contribution in [3.05, 3.63) is 53.6 Å². The molecule has 2 heterocycles. The van der Waals surface area contributed by atoms with E-state index in [0.29, 0.717) is 10.2 Å². The average Bonchev–Trinajstić information content (AvgIpc) is 3.42. The van der Waals surface area contributed by atoms with Gasteiger partial charge in [-0.05, 0) is 55.5 Å². The van der Waals surface area contributed by atoms with Crippen LogP contribution in [0.1, 0.15) is 12.8 Å². The van der Waals surface area contributed by atoms with Crippen LogP contribution in [-0.4, -0.2) is 45.8 Å².